The van der Waals surface area contributed by atoms with Gasteiger partial charge in [0.15, 0.2) is 5.60 Å². The number of carbonyl (C=O) groups is 1. The van der Waals surface area contributed by atoms with Crippen LogP contribution in [-0.4, -0.2) is 23.6 Å². The van der Waals surface area contributed by atoms with Crippen molar-refractivity contribution in [3.05, 3.63) is 12.1 Å². The van der Waals surface area contributed by atoms with E-state index in [9.17, 15) is 4.79 Å². The third-order valence-electron chi connectivity index (χ3n) is 5.50. The molecule has 4 heterocycles. The molecule has 0 aromatic heterocycles. The van der Waals surface area contributed by atoms with Crippen molar-refractivity contribution < 1.29 is 26.8 Å². The van der Waals surface area contributed by atoms with Gasteiger partial charge in [0.25, 0.3) is 0 Å². The first-order valence-corrected chi connectivity index (χ1v) is 7.30. The number of rotatable bonds is 0. The number of esters is 1. The normalized spacial score (nSPS) is 55.3. The number of carbonyl (C=O) groups excluding carboxylic acids is 1. The third-order valence-corrected chi connectivity index (χ3v) is 5.50. The quantitative estimate of drug-likeness (QED) is 0.388. The molecule has 5 heteroatoms. The number of hydrogen-bond donors (Lipinski definition) is 0. The van der Waals surface area contributed by atoms with Crippen LogP contribution in [0.5, 0.6) is 0 Å². The van der Waals surface area contributed by atoms with Crippen molar-refractivity contribution in [3.63, 3.8) is 0 Å². The minimum Gasteiger partial charge on any atom is -0.429 e. The van der Waals surface area contributed by atoms with E-state index in [-0.39, 0.29) is 17.4 Å². The van der Waals surface area contributed by atoms with Gasteiger partial charge in [-0.05, 0) is 32.1 Å². The molecule has 5 aliphatic rings. The Morgan fingerprint density at radius 3 is 3.00 bits per heavy atom. The molecule has 2 bridgehead atoms. The van der Waals surface area contributed by atoms with Gasteiger partial charge in [-0.2, -0.15) is 0 Å². The summed E-state index contributed by atoms with van der Waals surface area (Å²) in [6.07, 6.45) is 2.28. The summed E-state index contributed by atoms with van der Waals surface area (Å²) in [5.74, 6) is -1.43. The van der Waals surface area contributed by atoms with E-state index in [1.807, 2.05) is 0 Å². The van der Waals surface area contributed by atoms with E-state index in [1.165, 1.54) is 0 Å². The van der Waals surface area contributed by atoms with Gasteiger partial charge in [-0.15, -0.1) is 0 Å². The van der Waals surface area contributed by atoms with Crippen LogP contribution in [0.2, 0.25) is 0 Å². The van der Waals surface area contributed by atoms with Crippen molar-refractivity contribution in [2.24, 2.45) is 17.8 Å². The number of hydrogen-bond acceptors (Lipinski definition) is 5. The van der Waals surface area contributed by atoms with Crippen molar-refractivity contribution in [1.82, 2.24) is 0 Å². The van der Waals surface area contributed by atoms with Gasteiger partial charge >= 0.3 is 5.97 Å². The highest BCUT2D eigenvalue weighted by Gasteiger charge is 2.69. The molecule has 5 nitrogen and oxygen atoms in total. The van der Waals surface area contributed by atoms with Crippen molar-refractivity contribution in [2.75, 3.05) is 0 Å². The van der Waals surface area contributed by atoms with Crippen LogP contribution in [-0.2, 0) is 24.0 Å². The van der Waals surface area contributed by atoms with E-state index >= 15 is 0 Å². The number of ether oxygens (including phenoxy) is 2. The first-order chi connectivity index (χ1) is 10.4. The maximum Gasteiger partial charge on any atom is 0.336 e. The molecule has 5 rings (SSSR count). The summed E-state index contributed by atoms with van der Waals surface area (Å²) in [5.41, 5.74) is -0.838. The fraction of sp³-hybridized carbons (Fsp3) is 0.800. The van der Waals surface area contributed by atoms with Crippen LogP contribution in [0, 0.1) is 17.8 Å². The molecule has 1 spiro atoms. The molecule has 0 N–H and O–H groups in total. The molecular weight excluding hydrogens is 260 g/mol. The molecule has 4 saturated heterocycles. The van der Waals surface area contributed by atoms with E-state index in [0.29, 0.717) is 18.8 Å². The van der Waals surface area contributed by atoms with Crippen LogP contribution in [0.25, 0.3) is 0 Å². The summed E-state index contributed by atoms with van der Waals surface area (Å²) in [6.45, 7) is 3.45. The van der Waals surface area contributed by atoms with Crippen LogP contribution in [0.4, 0.5) is 0 Å². The van der Waals surface area contributed by atoms with Gasteiger partial charge in [0.2, 0.25) is 12.1 Å². The zero-order valence-electron chi connectivity index (χ0n) is 13.7. The van der Waals surface area contributed by atoms with Crippen LogP contribution in [0.3, 0.4) is 0 Å². The van der Waals surface area contributed by atoms with Gasteiger partial charge < -0.3 is 9.47 Å². The third kappa shape index (κ3) is 1.41. The molecule has 0 unspecified atom stereocenters. The predicted molar refractivity (Wildman–Crippen MR) is 68.0 cm³/mol. The van der Waals surface area contributed by atoms with Crippen molar-refractivity contribution in [1.29, 1.82) is 0 Å². The smallest absolute Gasteiger partial charge is 0.336 e. The second-order valence-electron chi connectivity index (χ2n) is 6.68. The molecule has 1 aliphatic carbocycles. The molecule has 20 heavy (non-hydrogen) atoms. The monoisotopic (exact) mass is 282 g/mol. The lowest BCUT2D eigenvalue weighted by molar-refractivity contribution is -0.554. The van der Waals surface area contributed by atoms with E-state index in [0.717, 1.165) is 12.8 Å². The molecular formula is C15H20O5. The van der Waals surface area contributed by atoms with Gasteiger partial charge in [0, 0.05) is 23.8 Å². The minimum absolute atomic E-state index is 0.0888. The average Bonchev–Trinajstić information content (AvgIpc) is 2.67. The fourth-order valence-electron chi connectivity index (χ4n) is 4.37. The Kier molecular flexibility index (Phi) is 2.07. The molecule has 1 saturated carbocycles. The standard InChI is InChI=1S/C15H20O5/c1-8-4-5-11-9(2)12(16)17-13-15(11)10(8)6-7-14(3,18-13)19-20-15/h8,10-11,13H,2,4-7H2,1,3H3/t8-,10+,11+,13-,14-,15-/m1/s1/i2D2. The molecule has 4 aliphatic heterocycles. The fourth-order valence-corrected chi connectivity index (χ4v) is 4.37. The van der Waals surface area contributed by atoms with Crippen molar-refractivity contribution in [3.8, 4) is 0 Å². The highest BCUT2D eigenvalue weighted by Crippen LogP contribution is 2.59. The Balaban J connectivity index is 1.88. The molecule has 0 radical (unpaired) electrons. The average molecular weight is 282 g/mol. The second kappa shape index (κ2) is 3.84. The summed E-state index contributed by atoms with van der Waals surface area (Å²) in [4.78, 5) is 23.7. The molecule has 5 fully saturated rings. The van der Waals surface area contributed by atoms with Crippen LogP contribution in [0.1, 0.15) is 42.3 Å². The van der Waals surface area contributed by atoms with Gasteiger partial charge in [-0.25, -0.2) is 14.6 Å². The maximum atomic E-state index is 12.3. The lowest BCUT2D eigenvalue weighted by atomic mass is 9.59. The topological polar surface area (TPSA) is 54.0 Å². The first kappa shape index (κ1) is 10.8. The lowest BCUT2D eigenvalue weighted by Gasteiger charge is -2.56. The van der Waals surface area contributed by atoms with Crippen molar-refractivity contribution >= 4 is 5.97 Å². The Morgan fingerprint density at radius 1 is 1.35 bits per heavy atom. The summed E-state index contributed by atoms with van der Waals surface area (Å²) in [7, 11) is 0. The lowest BCUT2D eigenvalue weighted by Crippen LogP contribution is -2.68. The summed E-state index contributed by atoms with van der Waals surface area (Å²) in [5, 5.41) is 0. The largest absolute Gasteiger partial charge is 0.429 e. The van der Waals surface area contributed by atoms with Crippen molar-refractivity contribution in [2.45, 2.75) is 57.2 Å². The Bertz CT molecular complexity index is 560. The summed E-state index contributed by atoms with van der Waals surface area (Å²) >= 11 is 0. The van der Waals surface area contributed by atoms with E-state index in [1.54, 1.807) is 6.92 Å². The van der Waals surface area contributed by atoms with Crippen LogP contribution >= 0.6 is 0 Å². The minimum atomic E-state index is -0.926. The zero-order valence-corrected chi connectivity index (χ0v) is 11.7. The Hall–Kier alpha value is -0.910. The van der Waals surface area contributed by atoms with Gasteiger partial charge in [-0.3, -0.25) is 0 Å². The van der Waals surface area contributed by atoms with E-state index < -0.39 is 30.2 Å². The van der Waals surface area contributed by atoms with Gasteiger partial charge in [0.1, 0.15) is 0 Å². The molecule has 110 valence electrons. The predicted octanol–water partition coefficient (Wildman–Crippen LogP) is 2.32. The summed E-state index contributed by atoms with van der Waals surface area (Å²) in [6, 6.07) is 0. The molecule has 0 amide bonds. The summed E-state index contributed by atoms with van der Waals surface area (Å²) < 4.78 is 26.7. The van der Waals surface area contributed by atoms with Gasteiger partial charge in [-0.1, -0.05) is 13.5 Å². The zero-order chi connectivity index (χ0) is 15.7. The first-order valence-electron chi connectivity index (χ1n) is 8.30. The highest BCUT2D eigenvalue weighted by atomic mass is 17.3. The molecule has 0 aromatic rings. The molecule has 0 aromatic carbocycles. The highest BCUT2D eigenvalue weighted by molar-refractivity contribution is 5.89. The Morgan fingerprint density at radius 2 is 2.20 bits per heavy atom. The van der Waals surface area contributed by atoms with Gasteiger partial charge in [0.05, 0.1) is 2.74 Å². The second-order valence-corrected chi connectivity index (χ2v) is 6.68. The maximum absolute atomic E-state index is 12.3. The SMILES string of the molecule is [2H]C([2H])=C1C(=O)O[C@@H]2O[C@@]3(C)CC[C@H]4[C@H](C)CC[C@@H]1[C@@]24OO3. The Labute approximate surface area is 120 Å². The van der Waals surface area contributed by atoms with Crippen LogP contribution < -0.4 is 0 Å². The number of fused-ring (bicyclic) bond motifs is 2. The van der Waals surface area contributed by atoms with E-state index in [2.05, 4.69) is 6.92 Å². The van der Waals surface area contributed by atoms with E-state index in [4.69, 9.17) is 22.0 Å². The molecule has 6 atom stereocenters. The van der Waals surface area contributed by atoms with Crippen LogP contribution in [0.15, 0.2) is 12.1 Å².